The molecule has 0 saturated heterocycles. The van der Waals surface area contributed by atoms with Gasteiger partial charge < -0.3 is 5.32 Å². The number of carbonyl (C=O) groups is 1. The van der Waals surface area contributed by atoms with E-state index in [9.17, 15) is 9.00 Å². The molecule has 21 heavy (non-hydrogen) atoms. The molecule has 0 bridgehead atoms. The van der Waals surface area contributed by atoms with Gasteiger partial charge in [0.2, 0.25) is 0 Å². The highest BCUT2D eigenvalue weighted by molar-refractivity contribution is 7.83. The van der Waals surface area contributed by atoms with E-state index in [4.69, 9.17) is 0 Å². The highest BCUT2D eigenvalue weighted by Crippen LogP contribution is 2.21. The van der Waals surface area contributed by atoms with E-state index in [1.54, 1.807) is 31.5 Å². The lowest BCUT2D eigenvalue weighted by molar-refractivity contribution is 0.102. The molecule has 4 nitrogen and oxygen atoms in total. The number of aryl methyl sites for hydroxylation is 1. The molecular formula is C16H18N2O2S. The summed E-state index contributed by atoms with van der Waals surface area (Å²) in [6.07, 6.45) is 3.33. The Kier molecular flexibility index (Phi) is 4.85. The predicted octanol–water partition coefficient (Wildman–Crippen LogP) is 2.83. The molecule has 0 aliphatic carbocycles. The maximum atomic E-state index is 12.3. The zero-order valence-electron chi connectivity index (χ0n) is 12.3. The van der Waals surface area contributed by atoms with Crippen molar-refractivity contribution >= 4 is 22.4 Å². The van der Waals surface area contributed by atoms with Crippen LogP contribution in [0.4, 0.5) is 5.69 Å². The Bertz CT molecular complexity index is 698. The molecule has 0 aliphatic rings. The van der Waals surface area contributed by atoms with Gasteiger partial charge in [-0.25, -0.2) is 0 Å². The maximum Gasteiger partial charge on any atom is 0.257 e. The largest absolute Gasteiger partial charge is 0.322 e. The van der Waals surface area contributed by atoms with Crippen LogP contribution in [-0.2, 0) is 16.6 Å². The molecule has 1 atom stereocenters. The fourth-order valence-corrected chi connectivity index (χ4v) is 2.86. The van der Waals surface area contributed by atoms with Crippen LogP contribution in [0.2, 0.25) is 0 Å². The molecule has 1 aromatic heterocycles. The number of pyridine rings is 1. The molecule has 0 radical (unpaired) electrons. The van der Waals surface area contributed by atoms with Crippen LogP contribution in [0.1, 0.15) is 27.2 Å². The first kappa shape index (κ1) is 15.4. The van der Waals surface area contributed by atoms with Crippen molar-refractivity contribution in [2.45, 2.75) is 19.6 Å². The Morgan fingerprint density at radius 1 is 1.24 bits per heavy atom. The van der Waals surface area contributed by atoms with Crippen LogP contribution in [0.5, 0.6) is 0 Å². The molecule has 0 fully saturated rings. The number of benzene rings is 1. The Labute approximate surface area is 127 Å². The monoisotopic (exact) mass is 302 g/mol. The summed E-state index contributed by atoms with van der Waals surface area (Å²) < 4.78 is 11.4. The van der Waals surface area contributed by atoms with Crippen LogP contribution in [0.25, 0.3) is 0 Å². The quantitative estimate of drug-likeness (QED) is 0.944. The molecule has 2 aromatic rings. The van der Waals surface area contributed by atoms with Crippen molar-refractivity contribution in [3.05, 3.63) is 58.9 Å². The van der Waals surface area contributed by atoms with Gasteiger partial charge in [-0.2, -0.15) is 0 Å². The predicted molar refractivity (Wildman–Crippen MR) is 85.9 cm³/mol. The minimum atomic E-state index is -0.910. The van der Waals surface area contributed by atoms with Gasteiger partial charge in [0.25, 0.3) is 5.91 Å². The van der Waals surface area contributed by atoms with E-state index in [0.29, 0.717) is 17.0 Å². The molecule has 1 amide bonds. The van der Waals surface area contributed by atoms with Gasteiger partial charge in [-0.3, -0.25) is 14.0 Å². The molecule has 1 aromatic carbocycles. The fourth-order valence-electron chi connectivity index (χ4n) is 2.11. The van der Waals surface area contributed by atoms with E-state index in [0.717, 1.165) is 16.8 Å². The van der Waals surface area contributed by atoms with Crippen molar-refractivity contribution in [3.8, 4) is 0 Å². The first-order valence-corrected chi connectivity index (χ1v) is 8.33. The molecule has 5 heteroatoms. The Balaban J connectivity index is 2.26. The first-order chi connectivity index (χ1) is 9.99. The number of nitrogens with one attached hydrogen (secondary N) is 1. The Hall–Kier alpha value is -2.01. The Morgan fingerprint density at radius 2 is 2.00 bits per heavy atom. The third-order valence-electron chi connectivity index (χ3n) is 3.30. The zero-order valence-corrected chi connectivity index (χ0v) is 13.2. The van der Waals surface area contributed by atoms with Crippen LogP contribution < -0.4 is 5.32 Å². The van der Waals surface area contributed by atoms with Crippen LogP contribution in [0.3, 0.4) is 0 Å². The highest BCUT2D eigenvalue weighted by atomic mass is 32.2. The van der Waals surface area contributed by atoms with Gasteiger partial charge in [-0.1, -0.05) is 12.1 Å². The van der Waals surface area contributed by atoms with E-state index in [2.05, 4.69) is 10.3 Å². The molecule has 1 N–H and O–H groups in total. The van der Waals surface area contributed by atoms with Crippen LogP contribution >= 0.6 is 0 Å². The Morgan fingerprint density at radius 3 is 2.67 bits per heavy atom. The second-order valence-corrected chi connectivity index (χ2v) is 6.33. The molecule has 1 heterocycles. The average molecular weight is 302 g/mol. The third-order valence-corrected chi connectivity index (χ3v) is 4.02. The lowest BCUT2D eigenvalue weighted by Gasteiger charge is -2.12. The second kappa shape index (κ2) is 6.63. The standard InChI is InChI=1S/C16H18N2O2S/c1-11-13(10-21(3)20)6-4-8-15(11)18-16(19)14-7-5-9-17-12(14)2/h4-9H,10H2,1-3H3,(H,18,19)/t21-/m0/s1. The molecule has 0 unspecified atom stereocenters. The van der Waals surface area contributed by atoms with Gasteiger partial charge in [-0.05, 0) is 43.2 Å². The van der Waals surface area contributed by atoms with Gasteiger partial charge >= 0.3 is 0 Å². The summed E-state index contributed by atoms with van der Waals surface area (Å²) in [7, 11) is -0.910. The normalized spacial score (nSPS) is 12.0. The fraction of sp³-hybridized carbons (Fsp3) is 0.250. The topological polar surface area (TPSA) is 59.1 Å². The summed E-state index contributed by atoms with van der Waals surface area (Å²) in [6, 6.07) is 9.13. The lowest BCUT2D eigenvalue weighted by atomic mass is 10.1. The summed E-state index contributed by atoms with van der Waals surface area (Å²) in [5.41, 5.74) is 3.92. The number of anilines is 1. The second-order valence-electron chi connectivity index (χ2n) is 4.90. The van der Waals surface area contributed by atoms with Crippen molar-refractivity contribution < 1.29 is 9.00 Å². The van der Waals surface area contributed by atoms with Crippen molar-refractivity contribution in [2.24, 2.45) is 0 Å². The van der Waals surface area contributed by atoms with E-state index in [1.807, 2.05) is 25.1 Å². The summed E-state index contributed by atoms with van der Waals surface area (Å²) in [5, 5.41) is 2.90. The summed E-state index contributed by atoms with van der Waals surface area (Å²) in [4.78, 5) is 16.4. The van der Waals surface area contributed by atoms with E-state index in [-0.39, 0.29) is 5.91 Å². The van der Waals surface area contributed by atoms with Crippen molar-refractivity contribution in [1.82, 2.24) is 4.98 Å². The smallest absolute Gasteiger partial charge is 0.257 e. The van der Waals surface area contributed by atoms with Crippen LogP contribution in [-0.4, -0.2) is 21.4 Å². The van der Waals surface area contributed by atoms with Crippen molar-refractivity contribution in [2.75, 3.05) is 11.6 Å². The number of carbonyl (C=O) groups excluding carboxylic acids is 1. The van der Waals surface area contributed by atoms with E-state index >= 15 is 0 Å². The molecule has 0 saturated carbocycles. The average Bonchev–Trinajstić information content (AvgIpc) is 2.43. The number of hydrogen-bond donors (Lipinski definition) is 1. The lowest BCUT2D eigenvalue weighted by Crippen LogP contribution is -2.15. The zero-order chi connectivity index (χ0) is 15.4. The number of hydrogen-bond acceptors (Lipinski definition) is 3. The summed E-state index contributed by atoms with van der Waals surface area (Å²) in [6.45, 7) is 3.73. The summed E-state index contributed by atoms with van der Waals surface area (Å²) >= 11 is 0. The molecular weight excluding hydrogens is 284 g/mol. The minimum Gasteiger partial charge on any atom is -0.322 e. The van der Waals surface area contributed by atoms with Gasteiger partial charge in [0.05, 0.1) is 5.56 Å². The van der Waals surface area contributed by atoms with E-state index in [1.165, 1.54) is 0 Å². The maximum absolute atomic E-state index is 12.3. The molecule has 0 aliphatic heterocycles. The first-order valence-electron chi connectivity index (χ1n) is 6.60. The molecule has 0 spiro atoms. The van der Waals surface area contributed by atoms with Gasteiger partial charge in [0.1, 0.15) is 0 Å². The molecule has 2 rings (SSSR count). The van der Waals surface area contributed by atoms with Crippen LogP contribution in [0.15, 0.2) is 36.5 Å². The highest BCUT2D eigenvalue weighted by Gasteiger charge is 2.12. The number of rotatable bonds is 4. The van der Waals surface area contributed by atoms with Crippen molar-refractivity contribution in [3.63, 3.8) is 0 Å². The van der Waals surface area contributed by atoms with Crippen molar-refractivity contribution in [1.29, 1.82) is 0 Å². The van der Waals surface area contributed by atoms with Crippen LogP contribution in [0, 0.1) is 13.8 Å². The molecule has 110 valence electrons. The number of nitrogens with zero attached hydrogens (tertiary/aromatic N) is 1. The SMILES string of the molecule is Cc1ncccc1C(=O)Nc1cccc(C[S@](C)=O)c1C. The number of aromatic nitrogens is 1. The minimum absolute atomic E-state index is 0.182. The van der Waals surface area contributed by atoms with E-state index < -0.39 is 10.8 Å². The summed E-state index contributed by atoms with van der Waals surface area (Å²) in [5.74, 6) is 0.306. The van der Waals surface area contributed by atoms with Gasteiger partial charge in [0.15, 0.2) is 0 Å². The van der Waals surface area contributed by atoms with Gasteiger partial charge in [-0.15, -0.1) is 0 Å². The third kappa shape index (κ3) is 3.76. The number of amides is 1. The van der Waals surface area contributed by atoms with Gasteiger partial charge in [0, 0.05) is 40.4 Å².